The van der Waals surface area contributed by atoms with Gasteiger partial charge in [-0.2, -0.15) is 0 Å². The van der Waals surface area contributed by atoms with Crippen molar-refractivity contribution in [3.05, 3.63) is 11.6 Å². The minimum atomic E-state index is -1.67. The molecular weight excluding hydrogens is 540 g/mol. The van der Waals surface area contributed by atoms with Crippen molar-refractivity contribution >= 4 is 5.97 Å². The van der Waals surface area contributed by atoms with Crippen LogP contribution in [-0.4, -0.2) is 120 Å². The van der Waals surface area contributed by atoms with E-state index in [1.165, 1.54) is 13.0 Å². The van der Waals surface area contributed by atoms with E-state index in [1.54, 1.807) is 0 Å². The maximum Gasteiger partial charge on any atom is 0.331 e. The van der Waals surface area contributed by atoms with Crippen LogP contribution < -0.4 is 0 Å². The van der Waals surface area contributed by atoms with E-state index in [0.29, 0.717) is 19.3 Å². The number of hydrogen-bond acceptors (Lipinski definition) is 12. The molecule has 0 aromatic heterocycles. The molecule has 15 atom stereocenters. The van der Waals surface area contributed by atoms with Gasteiger partial charge in [0, 0.05) is 30.3 Å². The Labute approximate surface area is 238 Å². The Kier molecular flexibility index (Phi) is 7.22. The maximum atomic E-state index is 12.4. The van der Waals surface area contributed by atoms with Crippen LogP contribution in [0.3, 0.4) is 0 Å². The van der Waals surface area contributed by atoms with Gasteiger partial charge in [-0.3, -0.25) is 0 Å². The van der Waals surface area contributed by atoms with Gasteiger partial charge in [0.15, 0.2) is 6.29 Å². The van der Waals surface area contributed by atoms with Gasteiger partial charge in [0.05, 0.1) is 47.6 Å². The van der Waals surface area contributed by atoms with Crippen molar-refractivity contribution in [2.45, 2.75) is 119 Å². The van der Waals surface area contributed by atoms with Crippen LogP contribution in [0, 0.1) is 28.6 Å². The van der Waals surface area contributed by atoms with Crippen molar-refractivity contribution in [1.29, 1.82) is 0 Å². The summed E-state index contributed by atoms with van der Waals surface area (Å²) in [4.78, 5) is 11.8. The van der Waals surface area contributed by atoms with Crippen LogP contribution in [0.25, 0.3) is 0 Å². The first kappa shape index (κ1) is 29.9. The molecule has 2 heterocycles. The van der Waals surface area contributed by atoms with Gasteiger partial charge in [-0.05, 0) is 56.4 Å². The fourth-order valence-corrected chi connectivity index (χ4v) is 10.1. The van der Waals surface area contributed by atoms with Gasteiger partial charge in [0.25, 0.3) is 0 Å². The van der Waals surface area contributed by atoms with E-state index in [-0.39, 0.29) is 38.2 Å². The van der Waals surface area contributed by atoms with Crippen LogP contribution in [0.15, 0.2) is 11.6 Å². The summed E-state index contributed by atoms with van der Waals surface area (Å²) in [5, 5.41) is 89.6. The molecule has 0 bridgehead atoms. The number of aliphatic hydroxyl groups excluding tert-OH is 6. The van der Waals surface area contributed by atoms with Crippen molar-refractivity contribution in [3.8, 4) is 0 Å². The van der Waals surface area contributed by atoms with Crippen molar-refractivity contribution < 1.29 is 59.9 Å². The SMILES string of the molecule is C[C@@H]1OC(O[C@H]2C[C@H](O)[C@]3(CO)[C@H]4[C@H](O)C[C@]5(C)[C@@H](C6=CC(=O)OC6)CC[C@]5(O)[C@@H]4CC[C@]3(O)C2)[C@H](O)[C@H](O)[C@H]1O. The van der Waals surface area contributed by atoms with Gasteiger partial charge < -0.3 is 55.1 Å². The zero-order chi connectivity index (χ0) is 29.7. The number of cyclic esters (lactones) is 1. The highest BCUT2D eigenvalue weighted by molar-refractivity contribution is 5.85. The number of carbonyl (C=O) groups excluding carboxylic acids is 1. The molecule has 5 fully saturated rings. The summed E-state index contributed by atoms with van der Waals surface area (Å²) >= 11 is 0. The van der Waals surface area contributed by atoms with Crippen molar-refractivity contribution in [1.82, 2.24) is 0 Å². The lowest BCUT2D eigenvalue weighted by molar-refractivity contribution is -0.342. The third kappa shape index (κ3) is 3.99. The number of carbonyl (C=O) groups is 1. The summed E-state index contributed by atoms with van der Waals surface area (Å²) < 4.78 is 16.7. The summed E-state index contributed by atoms with van der Waals surface area (Å²) in [6.45, 7) is 3.00. The highest BCUT2D eigenvalue weighted by atomic mass is 16.7. The molecule has 1 saturated heterocycles. The Morgan fingerprint density at radius 3 is 2.41 bits per heavy atom. The zero-order valence-electron chi connectivity index (χ0n) is 23.5. The summed E-state index contributed by atoms with van der Waals surface area (Å²) in [5.74, 6) is -1.93. The largest absolute Gasteiger partial charge is 0.458 e. The van der Waals surface area contributed by atoms with E-state index in [0.717, 1.165) is 5.57 Å². The van der Waals surface area contributed by atoms with Crippen LogP contribution in [0.5, 0.6) is 0 Å². The van der Waals surface area contributed by atoms with E-state index in [1.807, 2.05) is 6.92 Å². The van der Waals surface area contributed by atoms with Crippen molar-refractivity contribution in [3.63, 3.8) is 0 Å². The number of hydrogen-bond donors (Lipinski definition) is 8. The molecule has 41 heavy (non-hydrogen) atoms. The minimum Gasteiger partial charge on any atom is -0.458 e. The van der Waals surface area contributed by atoms with Gasteiger partial charge in [0.2, 0.25) is 0 Å². The van der Waals surface area contributed by atoms with Crippen LogP contribution in [0.2, 0.25) is 0 Å². The smallest absolute Gasteiger partial charge is 0.331 e. The molecule has 0 amide bonds. The average molecular weight is 585 g/mol. The van der Waals surface area contributed by atoms with Crippen LogP contribution in [0.1, 0.15) is 58.8 Å². The van der Waals surface area contributed by atoms with Gasteiger partial charge in [-0.25, -0.2) is 4.79 Å². The lowest BCUT2D eigenvalue weighted by Gasteiger charge is -2.68. The van der Waals surface area contributed by atoms with Gasteiger partial charge in [-0.1, -0.05) is 6.92 Å². The molecule has 8 N–H and O–H groups in total. The second-order valence-corrected chi connectivity index (χ2v) is 13.8. The molecule has 0 spiro atoms. The van der Waals surface area contributed by atoms with E-state index >= 15 is 0 Å². The fraction of sp³-hybridized carbons (Fsp3) is 0.897. The molecule has 4 saturated carbocycles. The summed E-state index contributed by atoms with van der Waals surface area (Å²) in [6, 6.07) is 0. The second kappa shape index (κ2) is 9.91. The van der Waals surface area contributed by atoms with Gasteiger partial charge >= 0.3 is 5.97 Å². The molecule has 6 rings (SSSR count). The standard InChI is InChI=1S/C29H44O12/c1-13-22(34)23(35)24(36)25(40-13)41-15-8-19(32)28(12-30)21-17(3-5-27(28,37)9-15)29(38)6-4-16(14-7-20(33)39-11-14)26(29,2)10-18(21)31/h7,13,15-19,21-25,30-32,34-38H,3-6,8-12H2,1-2H3/t13-,15-,16+,17+,18+,19-,21+,22-,23+,24+,25?,26+,27-,28+,29-/m0/s1. The van der Waals surface area contributed by atoms with E-state index in [4.69, 9.17) is 14.2 Å². The molecule has 2 aliphatic heterocycles. The number of ether oxygens (including phenoxy) is 3. The lowest BCUT2D eigenvalue weighted by Crippen LogP contribution is -2.76. The van der Waals surface area contributed by atoms with Crippen LogP contribution >= 0.6 is 0 Å². The quantitative estimate of drug-likeness (QED) is 0.140. The van der Waals surface area contributed by atoms with Crippen molar-refractivity contribution in [2.24, 2.45) is 28.6 Å². The number of fused-ring (bicyclic) bond motifs is 5. The molecule has 4 aliphatic carbocycles. The predicted molar refractivity (Wildman–Crippen MR) is 139 cm³/mol. The second-order valence-electron chi connectivity index (χ2n) is 13.8. The Morgan fingerprint density at radius 1 is 1.02 bits per heavy atom. The third-order valence-corrected chi connectivity index (χ3v) is 12.2. The summed E-state index contributed by atoms with van der Waals surface area (Å²) in [7, 11) is 0. The zero-order valence-corrected chi connectivity index (χ0v) is 23.5. The normalized spacial score (nSPS) is 56.9. The Balaban J connectivity index is 1.28. The van der Waals surface area contributed by atoms with E-state index in [2.05, 4.69) is 0 Å². The summed E-state index contributed by atoms with van der Waals surface area (Å²) in [6.07, 6.45) is -6.68. The number of rotatable bonds is 4. The molecule has 232 valence electrons. The number of aliphatic hydroxyl groups is 8. The molecule has 0 radical (unpaired) electrons. The van der Waals surface area contributed by atoms with Crippen molar-refractivity contribution in [2.75, 3.05) is 13.2 Å². The van der Waals surface area contributed by atoms with Gasteiger partial charge in [0.1, 0.15) is 24.9 Å². The molecule has 0 aromatic carbocycles. The Bertz CT molecular complexity index is 1080. The molecule has 1 unspecified atom stereocenters. The first-order valence-corrected chi connectivity index (χ1v) is 14.9. The summed E-state index contributed by atoms with van der Waals surface area (Å²) in [5.41, 5.74) is -4.46. The Hall–Kier alpha value is -1.19. The van der Waals surface area contributed by atoms with Crippen LogP contribution in [-0.2, 0) is 19.0 Å². The fourth-order valence-electron chi connectivity index (χ4n) is 10.1. The first-order valence-electron chi connectivity index (χ1n) is 14.9. The highest BCUT2D eigenvalue weighted by Crippen LogP contribution is 2.70. The van der Waals surface area contributed by atoms with Gasteiger partial charge in [-0.15, -0.1) is 0 Å². The lowest BCUT2D eigenvalue weighted by atomic mass is 9.40. The molecule has 12 nitrogen and oxygen atoms in total. The molecule has 0 aromatic rings. The molecular formula is C29H44O12. The average Bonchev–Trinajstić information content (AvgIpc) is 3.45. The highest BCUT2D eigenvalue weighted by Gasteiger charge is 2.75. The maximum absolute atomic E-state index is 12.4. The monoisotopic (exact) mass is 584 g/mol. The molecule has 12 heteroatoms. The predicted octanol–water partition coefficient (Wildman–Crippen LogP) is -1.51. The number of esters is 1. The molecule has 6 aliphatic rings. The topological polar surface area (TPSA) is 207 Å². The van der Waals surface area contributed by atoms with Crippen LogP contribution in [0.4, 0.5) is 0 Å². The minimum absolute atomic E-state index is 0.0369. The van der Waals surface area contributed by atoms with E-state index in [9.17, 15) is 45.6 Å². The first-order chi connectivity index (χ1) is 19.2. The third-order valence-electron chi connectivity index (χ3n) is 12.2. The Morgan fingerprint density at radius 2 is 1.76 bits per heavy atom. The van der Waals surface area contributed by atoms with E-state index < -0.39 is 95.5 Å².